The number of hydrogen-bond donors (Lipinski definition) is 1. The third-order valence-electron chi connectivity index (χ3n) is 2.80. The fourth-order valence-corrected chi connectivity index (χ4v) is 2.14. The van der Waals surface area contributed by atoms with Crippen LogP contribution < -0.4 is 0 Å². The van der Waals surface area contributed by atoms with Crippen LogP contribution >= 0.6 is 0 Å². The van der Waals surface area contributed by atoms with E-state index in [0.717, 1.165) is 18.5 Å². The average molecular weight is 194 g/mol. The molecule has 0 bridgehead atoms. The molecule has 1 aliphatic rings. The lowest BCUT2D eigenvalue weighted by Crippen LogP contribution is -2.11. The molecule has 1 fully saturated rings. The van der Waals surface area contributed by atoms with E-state index in [0.29, 0.717) is 6.04 Å². The fourth-order valence-electron chi connectivity index (χ4n) is 2.14. The molecule has 0 amide bonds. The molecule has 4 heteroatoms. The lowest BCUT2D eigenvalue weighted by molar-refractivity contribution is -0.136. The van der Waals surface area contributed by atoms with Crippen LogP contribution in [0.5, 0.6) is 0 Å². The summed E-state index contributed by atoms with van der Waals surface area (Å²) in [4.78, 5) is 14.6. The van der Waals surface area contributed by atoms with Crippen molar-refractivity contribution in [1.29, 1.82) is 0 Å². The Labute approximate surface area is 82.6 Å². The number of carbonyl (C=O) groups is 1. The number of nitrogens with zero attached hydrogens (tertiary/aromatic N) is 2. The van der Waals surface area contributed by atoms with Crippen molar-refractivity contribution in [2.75, 3.05) is 0 Å². The number of imidazole rings is 1. The molecular weight excluding hydrogens is 180 g/mol. The molecule has 1 heterocycles. The van der Waals surface area contributed by atoms with Gasteiger partial charge >= 0.3 is 5.97 Å². The normalized spacial score (nSPS) is 17.4. The van der Waals surface area contributed by atoms with Gasteiger partial charge in [0.15, 0.2) is 0 Å². The number of rotatable bonds is 3. The number of carboxylic acids is 1. The second kappa shape index (κ2) is 3.82. The summed E-state index contributed by atoms with van der Waals surface area (Å²) in [6, 6.07) is 0.479. The Kier molecular flexibility index (Phi) is 2.52. The Morgan fingerprint density at radius 3 is 2.93 bits per heavy atom. The van der Waals surface area contributed by atoms with Crippen LogP contribution in [0.25, 0.3) is 0 Å². The Morgan fingerprint density at radius 2 is 2.29 bits per heavy atom. The van der Waals surface area contributed by atoms with Crippen molar-refractivity contribution >= 4 is 5.97 Å². The highest BCUT2D eigenvalue weighted by atomic mass is 16.4. The van der Waals surface area contributed by atoms with Crippen LogP contribution in [0.3, 0.4) is 0 Å². The summed E-state index contributed by atoms with van der Waals surface area (Å²) in [5, 5.41) is 8.71. The summed E-state index contributed by atoms with van der Waals surface area (Å²) in [6.07, 6.45) is 8.30. The van der Waals surface area contributed by atoms with Gasteiger partial charge in [0.25, 0.3) is 0 Å². The van der Waals surface area contributed by atoms with E-state index < -0.39 is 5.97 Å². The van der Waals surface area contributed by atoms with Gasteiger partial charge in [-0.3, -0.25) is 4.79 Å². The SMILES string of the molecule is O=C(O)Cc1cncn1C1CCCC1. The van der Waals surface area contributed by atoms with Crippen LogP contribution in [0.1, 0.15) is 37.4 Å². The van der Waals surface area contributed by atoms with Crippen LogP contribution in [0.4, 0.5) is 0 Å². The highest BCUT2D eigenvalue weighted by Crippen LogP contribution is 2.30. The average Bonchev–Trinajstić information content (AvgIpc) is 2.70. The van der Waals surface area contributed by atoms with Crippen molar-refractivity contribution in [1.82, 2.24) is 9.55 Å². The summed E-state index contributed by atoms with van der Waals surface area (Å²) in [7, 11) is 0. The van der Waals surface area contributed by atoms with Crippen LogP contribution in [0, 0.1) is 0 Å². The highest BCUT2D eigenvalue weighted by Gasteiger charge is 2.19. The number of carboxylic acid groups (broad SMARTS) is 1. The van der Waals surface area contributed by atoms with E-state index in [9.17, 15) is 4.79 Å². The zero-order valence-electron chi connectivity index (χ0n) is 8.02. The van der Waals surface area contributed by atoms with Gasteiger partial charge in [-0.1, -0.05) is 12.8 Å². The van der Waals surface area contributed by atoms with Gasteiger partial charge in [-0.25, -0.2) is 4.98 Å². The van der Waals surface area contributed by atoms with Crippen LogP contribution in [-0.2, 0) is 11.2 Å². The monoisotopic (exact) mass is 194 g/mol. The van der Waals surface area contributed by atoms with Crippen molar-refractivity contribution in [2.24, 2.45) is 0 Å². The first kappa shape index (κ1) is 9.24. The molecule has 1 aromatic heterocycles. The van der Waals surface area contributed by atoms with E-state index in [1.807, 2.05) is 4.57 Å². The van der Waals surface area contributed by atoms with Crippen molar-refractivity contribution in [2.45, 2.75) is 38.1 Å². The van der Waals surface area contributed by atoms with Gasteiger partial charge in [0.1, 0.15) is 0 Å². The first-order valence-electron chi connectivity index (χ1n) is 5.00. The number of aliphatic carboxylic acids is 1. The molecule has 0 radical (unpaired) electrons. The highest BCUT2D eigenvalue weighted by molar-refractivity contribution is 5.69. The molecule has 0 spiro atoms. The van der Waals surface area contributed by atoms with Crippen molar-refractivity contribution < 1.29 is 9.90 Å². The van der Waals surface area contributed by atoms with E-state index in [2.05, 4.69) is 4.98 Å². The minimum atomic E-state index is -0.787. The number of aromatic nitrogens is 2. The largest absolute Gasteiger partial charge is 0.481 e. The van der Waals surface area contributed by atoms with E-state index in [4.69, 9.17) is 5.11 Å². The molecule has 1 aliphatic carbocycles. The fraction of sp³-hybridized carbons (Fsp3) is 0.600. The third kappa shape index (κ3) is 1.78. The van der Waals surface area contributed by atoms with Crippen molar-refractivity contribution in [3.8, 4) is 0 Å². The minimum Gasteiger partial charge on any atom is -0.481 e. The van der Waals surface area contributed by atoms with Crippen LogP contribution in [0.2, 0.25) is 0 Å². The molecular formula is C10H14N2O2. The molecule has 0 unspecified atom stereocenters. The first-order valence-corrected chi connectivity index (χ1v) is 5.00. The lowest BCUT2D eigenvalue weighted by atomic mass is 10.2. The van der Waals surface area contributed by atoms with Crippen LogP contribution in [0.15, 0.2) is 12.5 Å². The second-order valence-electron chi connectivity index (χ2n) is 3.80. The predicted octanol–water partition coefficient (Wildman–Crippen LogP) is 1.63. The molecule has 14 heavy (non-hydrogen) atoms. The molecule has 1 saturated carbocycles. The van der Waals surface area contributed by atoms with Crippen molar-refractivity contribution in [3.63, 3.8) is 0 Å². The molecule has 76 valence electrons. The zero-order valence-corrected chi connectivity index (χ0v) is 8.02. The number of hydrogen-bond acceptors (Lipinski definition) is 2. The minimum absolute atomic E-state index is 0.0799. The molecule has 2 rings (SSSR count). The summed E-state index contributed by atoms with van der Waals surface area (Å²) < 4.78 is 2.03. The Hall–Kier alpha value is -1.32. The van der Waals surface area contributed by atoms with E-state index in [1.165, 1.54) is 12.8 Å². The molecule has 4 nitrogen and oxygen atoms in total. The maximum Gasteiger partial charge on any atom is 0.309 e. The molecule has 0 aromatic carbocycles. The van der Waals surface area contributed by atoms with E-state index in [-0.39, 0.29) is 6.42 Å². The third-order valence-corrected chi connectivity index (χ3v) is 2.80. The molecule has 0 saturated heterocycles. The summed E-state index contributed by atoms with van der Waals surface area (Å²) >= 11 is 0. The zero-order chi connectivity index (χ0) is 9.97. The van der Waals surface area contributed by atoms with E-state index in [1.54, 1.807) is 12.5 Å². The molecule has 0 atom stereocenters. The standard InChI is InChI=1S/C10H14N2O2/c13-10(14)5-9-6-11-7-12(9)8-3-1-2-4-8/h6-8H,1-5H2,(H,13,14). The maximum absolute atomic E-state index is 10.6. The van der Waals surface area contributed by atoms with Crippen molar-refractivity contribution in [3.05, 3.63) is 18.2 Å². The molecule has 1 aromatic rings. The van der Waals surface area contributed by atoms with Gasteiger partial charge in [-0.05, 0) is 12.8 Å². The summed E-state index contributed by atoms with van der Waals surface area (Å²) in [5.74, 6) is -0.787. The maximum atomic E-state index is 10.6. The van der Waals surface area contributed by atoms with Crippen LogP contribution in [-0.4, -0.2) is 20.6 Å². The van der Waals surface area contributed by atoms with Gasteiger partial charge in [0, 0.05) is 17.9 Å². The quantitative estimate of drug-likeness (QED) is 0.795. The van der Waals surface area contributed by atoms with Gasteiger partial charge < -0.3 is 9.67 Å². The smallest absolute Gasteiger partial charge is 0.309 e. The second-order valence-corrected chi connectivity index (χ2v) is 3.80. The Morgan fingerprint density at radius 1 is 1.57 bits per heavy atom. The Bertz CT molecular complexity index is 327. The van der Waals surface area contributed by atoms with E-state index >= 15 is 0 Å². The molecule has 0 aliphatic heterocycles. The molecule has 1 N–H and O–H groups in total. The summed E-state index contributed by atoms with van der Waals surface area (Å²) in [6.45, 7) is 0. The topological polar surface area (TPSA) is 55.1 Å². The summed E-state index contributed by atoms with van der Waals surface area (Å²) in [5.41, 5.74) is 0.824. The lowest BCUT2D eigenvalue weighted by Gasteiger charge is -2.13. The first-order chi connectivity index (χ1) is 6.77. The predicted molar refractivity (Wildman–Crippen MR) is 51.1 cm³/mol. The van der Waals surface area contributed by atoms with Gasteiger partial charge in [-0.15, -0.1) is 0 Å². The Balaban J connectivity index is 2.15. The van der Waals surface area contributed by atoms with Gasteiger partial charge in [0.05, 0.1) is 12.7 Å². The van der Waals surface area contributed by atoms with Gasteiger partial charge in [-0.2, -0.15) is 0 Å². The van der Waals surface area contributed by atoms with Gasteiger partial charge in [0.2, 0.25) is 0 Å².